The lowest BCUT2D eigenvalue weighted by Crippen LogP contribution is -2.30. The zero-order chi connectivity index (χ0) is 53.6. The number of ether oxygens (including phenoxy) is 3. The van der Waals surface area contributed by atoms with Gasteiger partial charge < -0.3 is 14.2 Å². The van der Waals surface area contributed by atoms with Gasteiger partial charge in [-0.1, -0.05) is 238 Å². The molecule has 0 heterocycles. The molecule has 1 atom stereocenters. The van der Waals surface area contributed by atoms with Crippen molar-refractivity contribution >= 4 is 17.9 Å². The van der Waals surface area contributed by atoms with Crippen molar-refractivity contribution in [2.45, 2.75) is 264 Å². The van der Waals surface area contributed by atoms with E-state index in [4.69, 9.17) is 14.2 Å². The molecule has 6 heteroatoms. The maximum atomic E-state index is 12.9. The van der Waals surface area contributed by atoms with Crippen LogP contribution in [0, 0.1) is 0 Å². The van der Waals surface area contributed by atoms with Crippen LogP contribution in [0.25, 0.3) is 0 Å². The number of rotatable bonds is 53. The fraction of sp³-hybridized carbons (Fsp3) is 0.632. The second-order valence-corrected chi connectivity index (χ2v) is 19.5. The van der Waals surface area contributed by atoms with Crippen molar-refractivity contribution in [3.05, 3.63) is 134 Å². The molecule has 0 bridgehead atoms. The van der Waals surface area contributed by atoms with Crippen LogP contribution in [0.15, 0.2) is 134 Å². The van der Waals surface area contributed by atoms with Crippen LogP contribution in [-0.2, 0) is 28.6 Å². The van der Waals surface area contributed by atoms with Crippen molar-refractivity contribution in [2.75, 3.05) is 13.2 Å². The highest BCUT2D eigenvalue weighted by atomic mass is 16.6. The first-order chi connectivity index (χ1) is 36.5. The molecule has 0 aliphatic rings. The molecule has 0 aliphatic carbocycles. The molecule has 0 N–H and O–H groups in total. The van der Waals surface area contributed by atoms with E-state index in [0.29, 0.717) is 19.3 Å². The molecule has 0 aromatic carbocycles. The Morgan fingerprint density at radius 2 is 0.527 bits per heavy atom. The molecular weight excluding hydrogens is 913 g/mol. The van der Waals surface area contributed by atoms with E-state index in [-0.39, 0.29) is 31.1 Å². The zero-order valence-electron chi connectivity index (χ0n) is 47.8. The van der Waals surface area contributed by atoms with Gasteiger partial charge in [-0.25, -0.2) is 0 Å². The normalized spacial score (nSPS) is 13.1. The summed E-state index contributed by atoms with van der Waals surface area (Å²) in [6.45, 7) is 6.35. The first kappa shape index (κ1) is 69.5. The van der Waals surface area contributed by atoms with E-state index < -0.39 is 6.10 Å². The number of hydrogen-bond donors (Lipinski definition) is 0. The summed E-state index contributed by atoms with van der Waals surface area (Å²) in [4.78, 5) is 38.3. The third-order valence-electron chi connectivity index (χ3n) is 12.4. The van der Waals surface area contributed by atoms with Gasteiger partial charge in [-0.05, 0) is 135 Å². The van der Waals surface area contributed by atoms with Crippen LogP contribution in [0.2, 0.25) is 0 Å². The van der Waals surface area contributed by atoms with Crippen LogP contribution in [-0.4, -0.2) is 37.2 Å². The molecule has 418 valence electrons. The number of unbranched alkanes of at least 4 members (excludes halogenated alkanes) is 20. The molecule has 0 amide bonds. The fourth-order valence-electron chi connectivity index (χ4n) is 7.90. The number of esters is 3. The molecule has 0 radical (unpaired) electrons. The van der Waals surface area contributed by atoms with Gasteiger partial charge in [0.2, 0.25) is 0 Å². The van der Waals surface area contributed by atoms with Gasteiger partial charge in [0.05, 0.1) is 0 Å². The summed E-state index contributed by atoms with van der Waals surface area (Å²) in [5.41, 5.74) is 0. The smallest absolute Gasteiger partial charge is 0.306 e. The monoisotopic (exact) mass is 1020 g/mol. The van der Waals surface area contributed by atoms with Crippen molar-refractivity contribution in [3.8, 4) is 0 Å². The summed E-state index contributed by atoms with van der Waals surface area (Å²) < 4.78 is 16.9. The van der Waals surface area contributed by atoms with E-state index in [1.807, 2.05) is 0 Å². The predicted molar refractivity (Wildman–Crippen MR) is 320 cm³/mol. The molecule has 0 saturated heterocycles. The van der Waals surface area contributed by atoms with Crippen molar-refractivity contribution in [2.24, 2.45) is 0 Å². The minimum Gasteiger partial charge on any atom is -0.462 e. The lowest BCUT2D eigenvalue weighted by molar-refractivity contribution is -0.167. The van der Waals surface area contributed by atoms with E-state index >= 15 is 0 Å². The first-order valence-corrected chi connectivity index (χ1v) is 30.2. The molecule has 0 aromatic heterocycles. The van der Waals surface area contributed by atoms with Crippen molar-refractivity contribution < 1.29 is 28.6 Å². The maximum absolute atomic E-state index is 12.9. The van der Waals surface area contributed by atoms with E-state index in [1.165, 1.54) is 57.8 Å². The van der Waals surface area contributed by atoms with Gasteiger partial charge in [0.1, 0.15) is 13.2 Å². The highest BCUT2D eigenvalue weighted by Crippen LogP contribution is 2.14. The second-order valence-electron chi connectivity index (χ2n) is 19.5. The molecule has 6 nitrogen and oxygen atoms in total. The zero-order valence-corrected chi connectivity index (χ0v) is 47.8. The van der Waals surface area contributed by atoms with Gasteiger partial charge in [0.15, 0.2) is 6.10 Å². The predicted octanol–water partition coefficient (Wildman–Crippen LogP) is 20.6. The average Bonchev–Trinajstić information content (AvgIpc) is 3.40. The topological polar surface area (TPSA) is 78.9 Å². The highest BCUT2D eigenvalue weighted by molar-refractivity contribution is 5.71. The van der Waals surface area contributed by atoms with Gasteiger partial charge in [-0.15, -0.1) is 0 Å². The van der Waals surface area contributed by atoms with Crippen LogP contribution in [0.4, 0.5) is 0 Å². The molecule has 0 aromatic rings. The fourth-order valence-corrected chi connectivity index (χ4v) is 7.90. The van der Waals surface area contributed by atoms with Crippen molar-refractivity contribution in [1.29, 1.82) is 0 Å². The standard InChI is InChI=1S/C68H110O6/c1-4-7-10-13-16-19-22-25-28-30-32-33-34-35-36-38-40-43-46-49-52-55-58-61-67(70)73-64-65(63-72-66(69)60-57-54-51-48-45-42-39-27-24-21-18-15-12-9-6-3)74-68(71)62-59-56-53-50-47-44-41-37-31-29-26-23-20-17-14-11-8-5-2/h7,9-10,12,16,18-21,23,25,27-29,31-33,35-36,39-40,43,65H,4-6,8,11,13-15,17,22,24,26,30,34,37-38,41-42,44-64H2,1-3H3/b10-7-,12-9-,19-16-,21-18-,23-20-,28-25-,31-29-,33-32-,36-35-,39-27-,43-40-. The number of carbonyl (C=O) groups excluding carboxylic acids is 3. The Balaban J connectivity index is 4.48. The Morgan fingerprint density at radius 3 is 0.824 bits per heavy atom. The van der Waals surface area contributed by atoms with Gasteiger partial charge >= 0.3 is 17.9 Å². The van der Waals surface area contributed by atoms with Crippen LogP contribution in [0.5, 0.6) is 0 Å². The average molecular weight is 1020 g/mol. The molecular formula is C68H110O6. The SMILES string of the molecule is CC/C=C\C/C=C\C/C=C\C/C=C\C/C=C\C/C=C\CCCCCCC(=O)OCC(COC(=O)CCCCCCC/C=C\C/C=C\C/C=C\CC)OC(=O)CCCCCCCCC/C=C\C/C=C\CCCCCC. The van der Waals surface area contributed by atoms with Crippen LogP contribution < -0.4 is 0 Å². The summed E-state index contributed by atoms with van der Waals surface area (Å²) in [7, 11) is 0. The Hall–Kier alpha value is -4.45. The van der Waals surface area contributed by atoms with Gasteiger partial charge in [-0.2, -0.15) is 0 Å². The van der Waals surface area contributed by atoms with Gasteiger partial charge in [0, 0.05) is 19.3 Å². The lowest BCUT2D eigenvalue weighted by Gasteiger charge is -2.18. The second kappa shape index (κ2) is 61.1. The Bertz CT molecular complexity index is 1600. The third-order valence-corrected chi connectivity index (χ3v) is 12.4. The summed E-state index contributed by atoms with van der Waals surface area (Å²) in [6.07, 6.45) is 85.8. The first-order valence-electron chi connectivity index (χ1n) is 30.2. The minimum absolute atomic E-state index is 0.103. The van der Waals surface area contributed by atoms with Crippen LogP contribution in [0.3, 0.4) is 0 Å². The summed E-state index contributed by atoms with van der Waals surface area (Å²) in [5, 5.41) is 0. The van der Waals surface area contributed by atoms with Crippen molar-refractivity contribution in [3.63, 3.8) is 0 Å². The molecule has 74 heavy (non-hydrogen) atoms. The Kier molecular flexibility index (Phi) is 57.4. The quantitative estimate of drug-likeness (QED) is 0.0261. The Morgan fingerprint density at radius 1 is 0.284 bits per heavy atom. The van der Waals surface area contributed by atoms with Crippen LogP contribution in [0.1, 0.15) is 258 Å². The molecule has 0 rings (SSSR count). The summed E-state index contributed by atoms with van der Waals surface area (Å²) in [5.74, 6) is -0.952. The molecule has 1 unspecified atom stereocenters. The lowest BCUT2D eigenvalue weighted by atomic mass is 10.1. The largest absolute Gasteiger partial charge is 0.462 e. The molecule has 0 saturated carbocycles. The van der Waals surface area contributed by atoms with E-state index in [0.717, 1.165) is 161 Å². The number of allylic oxidation sites excluding steroid dienone is 22. The minimum atomic E-state index is -0.807. The molecule has 0 aliphatic heterocycles. The van der Waals surface area contributed by atoms with E-state index in [9.17, 15) is 14.4 Å². The van der Waals surface area contributed by atoms with E-state index in [1.54, 1.807) is 0 Å². The molecule has 0 spiro atoms. The summed E-state index contributed by atoms with van der Waals surface area (Å²) >= 11 is 0. The third kappa shape index (κ3) is 58.4. The van der Waals surface area contributed by atoms with Crippen LogP contribution >= 0.6 is 0 Å². The van der Waals surface area contributed by atoms with E-state index in [2.05, 4.69) is 154 Å². The maximum Gasteiger partial charge on any atom is 0.306 e. The molecule has 0 fully saturated rings. The van der Waals surface area contributed by atoms with Crippen molar-refractivity contribution in [1.82, 2.24) is 0 Å². The highest BCUT2D eigenvalue weighted by Gasteiger charge is 2.19. The van der Waals surface area contributed by atoms with Gasteiger partial charge in [0.25, 0.3) is 0 Å². The summed E-state index contributed by atoms with van der Waals surface area (Å²) in [6, 6.07) is 0. The van der Waals surface area contributed by atoms with Gasteiger partial charge in [-0.3, -0.25) is 14.4 Å². The number of hydrogen-bond acceptors (Lipinski definition) is 6. The number of carbonyl (C=O) groups is 3. The Labute approximate surface area is 455 Å².